The lowest BCUT2D eigenvalue weighted by Gasteiger charge is -2.16. The van der Waals surface area contributed by atoms with Gasteiger partial charge in [0.05, 0.1) is 13.1 Å². The van der Waals surface area contributed by atoms with E-state index in [1.807, 2.05) is 6.07 Å². The van der Waals surface area contributed by atoms with E-state index in [2.05, 4.69) is 20.8 Å². The summed E-state index contributed by atoms with van der Waals surface area (Å²) < 4.78 is 0. The Kier molecular flexibility index (Phi) is 3.75. The van der Waals surface area contributed by atoms with Crippen molar-refractivity contribution in [3.63, 3.8) is 0 Å². The van der Waals surface area contributed by atoms with Crippen molar-refractivity contribution in [2.24, 2.45) is 12.9 Å². The van der Waals surface area contributed by atoms with Crippen molar-refractivity contribution >= 4 is 17.3 Å². The van der Waals surface area contributed by atoms with Crippen molar-refractivity contribution in [1.82, 2.24) is 25.6 Å². The fourth-order valence-electron chi connectivity index (χ4n) is 1.71. The van der Waals surface area contributed by atoms with Gasteiger partial charge in [0, 0.05) is 17.1 Å². The average molecular weight is 268 g/mol. The Morgan fingerprint density at radius 2 is 2.28 bits per heavy atom. The van der Waals surface area contributed by atoms with Gasteiger partial charge in [-0.2, -0.15) is 4.80 Å². The van der Waals surface area contributed by atoms with Gasteiger partial charge in [-0.25, -0.2) is 0 Å². The van der Waals surface area contributed by atoms with E-state index >= 15 is 0 Å². The van der Waals surface area contributed by atoms with Gasteiger partial charge in [-0.3, -0.25) is 11.3 Å². The van der Waals surface area contributed by atoms with E-state index in [1.165, 1.54) is 4.80 Å². The van der Waals surface area contributed by atoms with Gasteiger partial charge in [0.2, 0.25) is 0 Å². The minimum absolute atomic E-state index is 0.188. The van der Waals surface area contributed by atoms with Crippen molar-refractivity contribution < 1.29 is 0 Å². The van der Waals surface area contributed by atoms with Gasteiger partial charge in [0.1, 0.15) is 0 Å². The number of anilines is 1. The van der Waals surface area contributed by atoms with Crippen molar-refractivity contribution in [2.75, 3.05) is 5.73 Å². The highest BCUT2D eigenvalue weighted by atomic mass is 35.5. The number of benzene rings is 1. The topological polar surface area (TPSA) is 108 Å². The predicted octanol–water partition coefficient (Wildman–Crippen LogP) is 0.193. The van der Waals surface area contributed by atoms with Gasteiger partial charge in [-0.05, 0) is 22.9 Å². The molecule has 0 radical (unpaired) electrons. The van der Waals surface area contributed by atoms with Crippen molar-refractivity contribution in [3.8, 4) is 0 Å². The van der Waals surface area contributed by atoms with Gasteiger partial charge in [-0.15, -0.1) is 10.2 Å². The van der Waals surface area contributed by atoms with Crippen LogP contribution in [-0.4, -0.2) is 20.2 Å². The number of aryl methyl sites for hydroxylation is 1. The number of nitrogen functional groups attached to an aromatic ring is 1. The number of nitrogens with zero attached hydrogens (tertiary/aromatic N) is 4. The highest BCUT2D eigenvalue weighted by Gasteiger charge is 2.16. The van der Waals surface area contributed by atoms with Crippen LogP contribution in [0.4, 0.5) is 5.69 Å². The lowest BCUT2D eigenvalue weighted by molar-refractivity contribution is 0.537. The van der Waals surface area contributed by atoms with Crippen LogP contribution in [0.3, 0.4) is 0 Å². The summed E-state index contributed by atoms with van der Waals surface area (Å²) in [6.45, 7) is 0. The molecular formula is C10H14ClN7. The zero-order chi connectivity index (χ0) is 13.1. The van der Waals surface area contributed by atoms with Gasteiger partial charge < -0.3 is 5.73 Å². The molecule has 0 saturated heterocycles. The second kappa shape index (κ2) is 5.30. The van der Waals surface area contributed by atoms with Gasteiger partial charge in [-0.1, -0.05) is 17.7 Å². The molecule has 0 spiro atoms. The molecule has 1 aromatic heterocycles. The van der Waals surface area contributed by atoms with E-state index in [-0.39, 0.29) is 6.04 Å². The molecule has 5 N–H and O–H groups in total. The van der Waals surface area contributed by atoms with E-state index in [1.54, 1.807) is 19.2 Å². The standard InChI is InChI=1S/C10H14ClN7/c1-18-16-10(15-17-18)5-9(14-13)7-3-2-6(11)4-8(7)12/h2-4,9,14H,5,12-13H2,1H3. The van der Waals surface area contributed by atoms with Gasteiger partial charge >= 0.3 is 0 Å². The number of nitrogens with two attached hydrogens (primary N) is 2. The Labute approximate surface area is 109 Å². The molecule has 2 aromatic rings. The summed E-state index contributed by atoms with van der Waals surface area (Å²) >= 11 is 5.86. The van der Waals surface area contributed by atoms with Gasteiger partial charge in [0.25, 0.3) is 0 Å². The minimum atomic E-state index is -0.188. The van der Waals surface area contributed by atoms with Crippen molar-refractivity contribution in [3.05, 3.63) is 34.6 Å². The summed E-state index contributed by atoms with van der Waals surface area (Å²) in [5.74, 6) is 6.14. The number of hydrogen-bond acceptors (Lipinski definition) is 6. The molecule has 1 heterocycles. The summed E-state index contributed by atoms with van der Waals surface area (Å²) in [6.07, 6.45) is 0.496. The number of nitrogens with one attached hydrogen (secondary N) is 1. The first-order valence-electron chi connectivity index (χ1n) is 5.34. The average Bonchev–Trinajstić information content (AvgIpc) is 2.72. The molecule has 0 fully saturated rings. The first kappa shape index (κ1) is 12.7. The van der Waals surface area contributed by atoms with E-state index in [4.69, 9.17) is 23.2 Å². The summed E-state index contributed by atoms with van der Waals surface area (Å²) in [5, 5.41) is 12.4. The fraction of sp³-hybridized carbons (Fsp3) is 0.300. The quantitative estimate of drug-likeness (QED) is 0.415. The minimum Gasteiger partial charge on any atom is -0.398 e. The summed E-state index contributed by atoms with van der Waals surface area (Å²) in [4.78, 5) is 1.40. The van der Waals surface area contributed by atoms with Crippen LogP contribution in [0, 0.1) is 0 Å². The highest BCUT2D eigenvalue weighted by molar-refractivity contribution is 6.30. The second-order valence-electron chi connectivity index (χ2n) is 3.89. The number of hydrogen-bond donors (Lipinski definition) is 3. The molecule has 0 aliphatic rings. The molecule has 18 heavy (non-hydrogen) atoms. The molecule has 8 heteroatoms. The van der Waals surface area contributed by atoms with Crippen LogP contribution in [0.1, 0.15) is 17.4 Å². The predicted molar refractivity (Wildman–Crippen MR) is 68.4 cm³/mol. The van der Waals surface area contributed by atoms with Crippen LogP contribution < -0.4 is 17.0 Å². The van der Waals surface area contributed by atoms with Crippen LogP contribution >= 0.6 is 11.6 Å². The Morgan fingerprint density at radius 3 is 2.83 bits per heavy atom. The van der Waals surface area contributed by atoms with E-state index in [0.717, 1.165) is 5.56 Å². The Hall–Kier alpha value is -1.70. The number of aromatic nitrogens is 4. The van der Waals surface area contributed by atoms with Crippen molar-refractivity contribution in [1.29, 1.82) is 0 Å². The van der Waals surface area contributed by atoms with Crippen LogP contribution in [0.25, 0.3) is 0 Å². The zero-order valence-corrected chi connectivity index (χ0v) is 10.6. The molecule has 1 aromatic carbocycles. The molecule has 0 saturated carbocycles. The molecule has 96 valence electrons. The SMILES string of the molecule is Cn1nnc(CC(NN)c2ccc(Cl)cc2N)n1. The highest BCUT2D eigenvalue weighted by Crippen LogP contribution is 2.25. The maximum Gasteiger partial charge on any atom is 0.176 e. The van der Waals surface area contributed by atoms with Crippen LogP contribution in [-0.2, 0) is 13.5 Å². The molecule has 1 unspecified atom stereocenters. The lowest BCUT2D eigenvalue weighted by atomic mass is 10.0. The molecule has 2 rings (SSSR count). The molecular weight excluding hydrogens is 254 g/mol. The lowest BCUT2D eigenvalue weighted by Crippen LogP contribution is -2.30. The van der Waals surface area contributed by atoms with Crippen LogP contribution in [0.15, 0.2) is 18.2 Å². The van der Waals surface area contributed by atoms with Gasteiger partial charge in [0.15, 0.2) is 5.82 Å². The normalized spacial score (nSPS) is 12.6. The fourth-order valence-corrected chi connectivity index (χ4v) is 1.89. The summed E-state index contributed by atoms with van der Waals surface area (Å²) in [7, 11) is 1.71. The van der Waals surface area contributed by atoms with E-state index < -0.39 is 0 Å². The molecule has 7 nitrogen and oxygen atoms in total. The number of rotatable bonds is 4. The largest absolute Gasteiger partial charge is 0.398 e. The number of hydrazine groups is 1. The molecule has 0 amide bonds. The Bertz CT molecular complexity index is 539. The molecule has 0 aliphatic heterocycles. The van der Waals surface area contributed by atoms with Crippen LogP contribution in [0.2, 0.25) is 5.02 Å². The third-order valence-electron chi connectivity index (χ3n) is 2.56. The van der Waals surface area contributed by atoms with E-state index in [0.29, 0.717) is 23.0 Å². The molecule has 0 aliphatic carbocycles. The smallest absolute Gasteiger partial charge is 0.176 e. The zero-order valence-electron chi connectivity index (χ0n) is 9.84. The molecule has 0 bridgehead atoms. The molecule has 1 atom stereocenters. The number of tetrazole rings is 1. The first-order chi connectivity index (χ1) is 8.60. The van der Waals surface area contributed by atoms with Crippen LogP contribution in [0.5, 0.6) is 0 Å². The third-order valence-corrected chi connectivity index (χ3v) is 2.80. The third kappa shape index (κ3) is 2.76. The maximum atomic E-state index is 5.92. The summed E-state index contributed by atoms with van der Waals surface area (Å²) in [6, 6.07) is 5.09. The monoisotopic (exact) mass is 267 g/mol. The number of halogens is 1. The Morgan fingerprint density at radius 1 is 1.50 bits per heavy atom. The summed E-state index contributed by atoms with van der Waals surface area (Å²) in [5.41, 5.74) is 10.0. The Balaban J connectivity index is 2.22. The van der Waals surface area contributed by atoms with E-state index in [9.17, 15) is 0 Å². The first-order valence-corrected chi connectivity index (χ1v) is 5.72. The maximum absolute atomic E-state index is 5.92. The van der Waals surface area contributed by atoms with Crippen molar-refractivity contribution in [2.45, 2.75) is 12.5 Å². The second-order valence-corrected chi connectivity index (χ2v) is 4.33.